The van der Waals surface area contributed by atoms with E-state index >= 15 is 0 Å². The normalized spacial score (nSPS) is 10.4. The second kappa shape index (κ2) is 7.97. The number of nitrogens with one attached hydrogen (secondary N) is 1. The van der Waals surface area contributed by atoms with Crippen molar-refractivity contribution in [1.82, 2.24) is 4.98 Å². The fourth-order valence-electron chi connectivity index (χ4n) is 2.56. The smallest absolute Gasteiger partial charge is 0.258 e. The van der Waals surface area contributed by atoms with Gasteiger partial charge in [0.2, 0.25) is 0 Å². The van der Waals surface area contributed by atoms with Gasteiger partial charge in [-0.2, -0.15) is 0 Å². The highest BCUT2D eigenvalue weighted by Gasteiger charge is 2.16. The Morgan fingerprint density at radius 3 is 2.62 bits per heavy atom. The van der Waals surface area contributed by atoms with Crippen LogP contribution in [0.3, 0.4) is 0 Å². The summed E-state index contributed by atoms with van der Waals surface area (Å²) in [6.07, 6.45) is 1.56. The molecule has 0 saturated carbocycles. The first-order valence-corrected chi connectivity index (χ1v) is 8.51. The average Bonchev–Trinajstić information content (AvgIpc) is 2.66. The lowest BCUT2D eigenvalue weighted by atomic mass is 10.2. The number of anilines is 3. The number of nitrogens with zero attached hydrogens (tertiary/aromatic N) is 2. The number of pyridine rings is 1. The summed E-state index contributed by atoms with van der Waals surface area (Å²) in [6, 6.07) is 17.1. The molecule has 0 radical (unpaired) electrons. The number of carbonyl (C=O) groups excluding carboxylic acids is 1. The molecule has 0 atom stereocenters. The fraction of sp³-hybridized carbons (Fsp3) is 0.100. The molecule has 6 heteroatoms. The van der Waals surface area contributed by atoms with Gasteiger partial charge >= 0.3 is 0 Å². The van der Waals surface area contributed by atoms with Crippen molar-refractivity contribution in [2.24, 2.45) is 0 Å². The van der Waals surface area contributed by atoms with E-state index in [1.807, 2.05) is 37.3 Å². The first kappa shape index (κ1) is 17.9. The summed E-state index contributed by atoms with van der Waals surface area (Å²) in [5.41, 5.74) is 1.92. The van der Waals surface area contributed by atoms with Crippen molar-refractivity contribution in [2.45, 2.75) is 6.92 Å². The molecular formula is C20H17ClFN3O. The van der Waals surface area contributed by atoms with Gasteiger partial charge in [0.25, 0.3) is 5.91 Å². The topological polar surface area (TPSA) is 45.2 Å². The Labute approximate surface area is 156 Å². The van der Waals surface area contributed by atoms with Crippen LogP contribution in [0.2, 0.25) is 5.02 Å². The monoisotopic (exact) mass is 369 g/mol. The van der Waals surface area contributed by atoms with E-state index in [9.17, 15) is 9.18 Å². The van der Waals surface area contributed by atoms with Gasteiger partial charge in [-0.1, -0.05) is 29.8 Å². The molecule has 0 aliphatic carbocycles. The van der Waals surface area contributed by atoms with Gasteiger partial charge < -0.3 is 10.2 Å². The standard InChI is InChI=1S/C20H17ClFN3O/c1-2-25(16-6-4-3-5-7-16)20(26)14-10-11-23-19(12-14)24-15-8-9-18(22)17(21)13-15/h3-13H,2H2,1H3,(H,23,24). The Bertz CT molecular complexity index is 918. The van der Waals surface area contributed by atoms with Crippen molar-refractivity contribution in [3.63, 3.8) is 0 Å². The molecular weight excluding hydrogens is 353 g/mol. The maximum Gasteiger partial charge on any atom is 0.258 e. The number of hydrogen-bond acceptors (Lipinski definition) is 3. The van der Waals surface area contributed by atoms with Crippen LogP contribution >= 0.6 is 11.6 Å². The van der Waals surface area contributed by atoms with E-state index in [4.69, 9.17) is 11.6 Å². The summed E-state index contributed by atoms with van der Waals surface area (Å²) in [7, 11) is 0. The second-order valence-electron chi connectivity index (χ2n) is 5.57. The summed E-state index contributed by atoms with van der Waals surface area (Å²) in [5, 5.41) is 3.05. The lowest BCUT2D eigenvalue weighted by Gasteiger charge is -2.21. The number of hydrogen-bond donors (Lipinski definition) is 1. The first-order chi connectivity index (χ1) is 12.6. The third-order valence-electron chi connectivity index (χ3n) is 3.83. The lowest BCUT2D eigenvalue weighted by molar-refractivity contribution is 0.0988. The van der Waals surface area contributed by atoms with Crippen molar-refractivity contribution in [1.29, 1.82) is 0 Å². The van der Waals surface area contributed by atoms with Crippen LogP contribution in [-0.2, 0) is 0 Å². The van der Waals surface area contributed by atoms with Gasteiger partial charge in [0, 0.05) is 29.7 Å². The lowest BCUT2D eigenvalue weighted by Crippen LogP contribution is -2.30. The maximum atomic E-state index is 13.3. The summed E-state index contributed by atoms with van der Waals surface area (Å²) in [6.45, 7) is 2.47. The number of benzene rings is 2. The number of carbonyl (C=O) groups is 1. The van der Waals surface area contributed by atoms with Crippen molar-refractivity contribution >= 4 is 34.7 Å². The van der Waals surface area contributed by atoms with E-state index in [0.717, 1.165) is 5.69 Å². The van der Waals surface area contributed by atoms with Crippen LogP contribution in [0.1, 0.15) is 17.3 Å². The molecule has 26 heavy (non-hydrogen) atoms. The highest BCUT2D eigenvalue weighted by Crippen LogP contribution is 2.23. The number of halogens is 2. The highest BCUT2D eigenvalue weighted by atomic mass is 35.5. The Balaban J connectivity index is 1.84. The molecule has 0 saturated heterocycles. The van der Waals surface area contributed by atoms with Crippen LogP contribution in [-0.4, -0.2) is 17.4 Å². The Kier molecular flexibility index (Phi) is 5.49. The molecule has 0 unspecified atom stereocenters. The summed E-state index contributed by atoms with van der Waals surface area (Å²) in [4.78, 5) is 18.8. The maximum absolute atomic E-state index is 13.3. The summed E-state index contributed by atoms with van der Waals surface area (Å²) >= 11 is 5.79. The van der Waals surface area contributed by atoms with Gasteiger partial charge in [-0.25, -0.2) is 9.37 Å². The predicted molar refractivity (Wildman–Crippen MR) is 103 cm³/mol. The zero-order chi connectivity index (χ0) is 18.5. The quantitative estimate of drug-likeness (QED) is 0.665. The molecule has 1 amide bonds. The Morgan fingerprint density at radius 1 is 1.15 bits per heavy atom. The van der Waals surface area contributed by atoms with Crippen LogP contribution in [0.15, 0.2) is 66.9 Å². The molecule has 0 aliphatic rings. The molecule has 1 heterocycles. The van der Waals surface area contributed by atoms with E-state index in [-0.39, 0.29) is 10.9 Å². The minimum Gasteiger partial charge on any atom is -0.340 e. The molecule has 0 spiro atoms. The molecule has 3 aromatic rings. The van der Waals surface area contributed by atoms with Crippen LogP contribution in [0.4, 0.5) is 21.6 Å². The predicted octanol–water partition coefficient (Wildman–Crippen LogP) is 5.28. The molecule has 1 N–H and O–H groups in total. The average molecular weight is 370 g/mol. The van der Waals surface area contributed by atoms with E-state index in [0.29, 0.717) is 23.6 Å². The zero-order valence-corrected chi connectivity index (χ0v) is 14.9. The first-order valence-electron chi connectivity index (χ1n) is 8.13. The third-order valence-corrected chi connectivity index (χ3v) is 4.12. The molecule has 0 fully saturated rings. The SMILES string of the molecule is CCN(C(=O)c1ccnc(Nc2ccc(F)c(Cl)c2)c1)c1ccccc1. The number of amides is 1. The highest BCUT2D eigenvalue weighted by molar-refractivity contribution is 6.31. The molecule has 0 aliphatic heterocycles. The molecule has 0 bridgehead atoms. The largest absolute Gasteiger partial charge is 0.340 e. The molecule has 132 valence electrons. The Hall–Kier alpha value is -2.92. The van der Waals surface area contributed by atoms with Crippen molar-refractivity contribution in [2.75, 3.05) is 16.8 Å². The van der Waals surface area contributed by atoms with Gasteiger partial charge in [-0.05, 0) is 49.4 Å². The van der Waals surface area contributed by atoms with Crippen LogP contribution < -0.4 is 10.2 Å². The third kappa shape index (κ3) is 4.00. The molecule has 1 aromatic heterocycles. The Morgan fingerprint density at radius 2 is 1.92 bits per heavy atom. The molecule has 2 aromatic carbocycles. The number of rotatable bonds is 5. The van der Waals surface area contributed by atoms with Gasteiger partial charge in [-0.3, -0.25) is 4.79 Å². The van der Waals surface area contributed by atoms with Crippen molar-refractivity contribution in [3.05, 3.63) is 83.3 Å². The fourth-order valence-corrected chi connectivity index (χ4v) is 2.74. The number of para-hydroxylation sites is 1. The van der Waals surface area contributed by atoms with E-state index in [2.05, 4.69) is 10.3 Å². The minimum absolute atomic E-state index is 0.0171. The second-order valence-corrected chi connectivity index (χ2v) is 5.98. The van der Waals surface area contributed by atoms with Crippen LogP contribution in [0.25, 0.3) is 0 Å². The minimum atomic E-state index is -0.490. The molecule has 4 nitrogen and oxygen atoms in total. The van der Waals surface area contributed by atoms with E-state index in [1.165, 1.54) is 12.1 Å². The van der Waals surface area contributed by atoms with Gasteiger partial charge in [-0.15, -0.1) is 0 Å². The van der Waals surface area contributed by atoms with E-state index in [1.54, 1.807) is 29.3 Å². The number of aromatic nitrogens is 1. The van der Waals surface area contributed by atoms with Crippen LogP contribution in [0.5, 0.6) is 0 Å². The zero-order valence-electron chi connectivity index (χ0n) is 14.1. The van der Waals surface area contributed by atoms with Gasteiger partial charge in [0.15, 0.2) is 0 Å². The van der Waals surface area contributed by atoms with E-state index < -0.39 is 5.82 Å². The van der Waals surface area contributed by atoms with Crippen molar-refractivity contribution < 1.29 is 9.18 Å². The van der Waals surface area contributed by atoms with Crippen molar-refractivity contribution in [3.8, 4) is 0 Å². The van der Waals surface area contributed by atoms with Gasteiger partial charge in [0.05, 0.1) is 5.02 Å². The summed E-state index contributed by atoms with van der Waals surface area (Å²) in [5.74, 6) is -0.139. The van der Waals surface area contributed by atoms with Gasteiger partial charge in [0.1, 0.15) is 11.6 Å². The molecule has 3 rings (SSSR count). The summed E-state index contributed by atoms with van der Waals surface area (Å²) < 4.78 is 13.3. The van der Waals surface area contributed by atoms with Crippen LogP contribution in [0, 0.1) is 5.82 Å².